The Labute approximate surface area is 85.1 Å². The first-order valence-corrected chi connectivity index (χ1v) is 4.62. The van der Waals surface area contributed by atoms with Crippen molar-refractivity contribution < 1.29 is 0 Å². The molecule has 0 saturated heterocycles. The molecule has 8 nitrogen and oxygen atoms in total. The van der Waals surface area contributed by atoms with Crippen molar-refractivity contribution >= 4 is 11.9 Å². The van der Waals surface area contributed by atoms with Gasteiger partial charge in [0.15, 0.2) is 5.82 Å². The molecule has 2 aromatic heterocycles. The molecule has 2 aromatic rings. The van der Waals surface area contributed by atoms with E-state index in [9.17, 15) is 0 Å². The average molecular weight is 206 g/mol. The second-order valence-corrected chi connectivity index (χ2v) is 3.38. The van der Waals surface area contributed by atoms with Crippen LogP contribution < -0.4 is 10.6 Å². The zero-order chi connectivity index (χ0) is 10.3. The number of fused-ring (bicyclic) bond motifs is 1. The quantitative estimate of drug-likeness (QED) is 0.620. The summed E-state index contributed by atoms with van der Waals surface area (Å²) in [7, 11) is 0. The van der Waals surface area contributed by atoms with Crippen molar-refractivity contribution in [2.45, 2.75) is 13.1 Å². The summed E-state index contributed by atoms with van der Waals surface area (Å²) in [6.07, 6.45) is 1.74. The fraction of sp³-hybridized carbons (Fsp3) is 0.429. The molecule has 0 radical (unpaired) electrons. The summed E-state index contributed by atoms with van der Waals surface area (Å²) in [5.41, 5.74) is 5.47. The maximum absolute atomic E-state index is 5.47. The number of rotatable bonds is 1. The lowest BCUT2D eigenvalue weighted by Crippen LogP contribution is -2.34. The van der Waals surface area contributed by atoms with Gasteiger partial charge in [0.2, 0.25) is 11.9 Å². The summed E-state index contributed by atoms with van der Waals surface area (Å²) in [6, 6.07) is 0. The van der Waals surface area contributed by atoms with Crippen LogP contribution in [0.3, 0.4) is 0 Å². The van der Waals surface area contributed by atoms with E-state index in [1.165, 1.54) is 0 Å². The average Bonchev–Trinajstić information content (AvgIpc) is 2.84. The van der Waals surface area contributed by atoms with E-state index in [4.69, 9.17) is 5.73 Å². The van der Waals surface area contributed by atoms with Gasteiger partial charge in [0.05, 0.1) is 6.54 Å². The Bertz CT molecular complexity index is 471. The number of nitrogens with zero attached hydrogens (tertiary/aromatic N) is 6. The van der Waals surface area contributed by atoms with Crippen molar-refractivity contribution in [3.63, 3.8) is 0 Å². The zero-order valence-electron chi connectivity index (χ0n) is 7.96. The third-order valence-electron chi connectivity index (χ3n) is 2.41. The molecule has 0 bridgehead atoms. The van der Waals surface area contributed by atoms with Crippen molar-refractivity contribution in [1.82, 2.24) is 29.9 Å². The molecule has 0 saturated carbocycles. The van der Waals surface area contributed by atoms with Gasteiger partial charge in [-0.15, -0.1) is 15.3 Å². The summed E-state index contributed by atoms with van der Waals surface area (Å²) in [4.78, 5) is 6.08. The Balaban J connectivity index is 1.87. The lowest BCUT2D eigenvalue weighted by molar-refractivity contribution is 0.552. The standard InChI is InChI=1S/C7H10N8/c8-6-10-7(13-12-6)14-1-2-15-4-9-11-5(15)3-14/h4H,1-3H2,(H3,8,10,12,13). The fourth-order valence-electron chi connectivity index (χ4n) is 1.64. The van der Waals surface area contributed by atoms with Crippen molar-refractivity contribution in [3.8, 4) is 0 Å². The van der Waals surface area contributed by atoms with Gasteiger partial charge >= 0.3 is 0 Å². The minimum Gasteiger partial charge on any atom is -0.368 e. The SMILES string of the molecule is Nc1nc(N2CCn3cnnc3C2)n[nH]1. The van der Waals surface area contributed by atoms with Crippen LogP contribution >= 0.6 is 0 Å². The molecule has 0 atom stereocenters. The molecule has 3 N–H and O–H groups in total. The highest BCUT2D eigenvalue weighted by Crippen LogP contribution is 2.15. The molecule has 0 spiro atoms. The van der Waals surface area contributed by atoms with E-state index in [0.717, 1.165) is 18.9 Å². The summed E-state index contributed by atoms with van der Waals surface area (Å²) in [6.45, 7) is 2.34. The molecule has 78 valence electrons. The van der Waals surface area contributed by atoms with Crippen molar-refractivity contribution in [2.24, 2.45) is 0 Å². The molecule has 0 aliphatic carbocycles. The maximum atomic E-state index is 5.47. The Morgan fingerprint density at radius 3 is 3.13 bits per heavy atom. The molecule has 1 aliphatic rings. The van der Waals surface area contributed by atoms with Crippen molar-refractivity contribution in [3.05, 3.63) is 12.2 Å². The number of nitrogens with one attached hydrogen (secondary N) is 1. The predicted molar refractivity (Wildman–Crippen MR) is 51.9 cm³/mol. The molecular weight excluding hydrogens is 196 g/mol. The normalized spacial score (nSPS) is 15.3. The highest BCUT2D eigenvalue weighted by atomic mass is 15.4. The van der Waals surface area contributed by atoms with Gasteiger partial charge in [-0.2, -0.15) is 4.98 Å². The van der Waals surface area contributed by atoms with E-state index in [1.54, 1.807) is 6.33 Å². The highest BCUT2D eigenvalue weighted by Gasteiger charge is 2.20. The zero-order valence-corrected chi connectivity index (χ0v) is 7.96. The molecule has 0 aromatic carbocycles. The van der Waals surface area contributed by atoms with Crippen LogP contribution in [0.25, 0.3) is 0 Å². The van der Waals surface area contributed by atoms with Gasteiger partial charge in [-0.05, 0) is 0 Å². The number of aromatic nitrogens is 6. The lowest BCUT2D eigenvalue weighted by Gasteiger charge is -2.25. The van der Waals surface area contributed by atoms with Crippen LogP contribution in [0.4, 0.5) is 11.9 Å². The molecule has 0 amide bonds. The largest absolute Gasteiger partial charge is 0.368 e. The van der Waals surface area contributed by atoms with Crippen LogP contribution in [-0.2, 0) is 13.1 Å². The van der Waals surface area contributed by atoms with E-state index in [-0.39, 0.29) is 0 Å². The van der Waals surface area contributed by atoms with Gasteiger partial charge in [-0.3, -0.25) is 0 Å². The summed E-state index contributed by atoms with van der Waals surface area (Å²) >= 11 is 0. The van der Waals surface area contributed by atoms with Gasteiger partial charge in [0.1, 0.15) is 6.33 Å². The van der Waals surface area contributed by atoms with Crippen LogP contribution in [0, 0.1) is 0 Å². The number of H-pyrrole nitrogens is 1. The number of nitrogen functional groups attached to an aromatic ring is 1. The molecule has 0 fully saturated rings. The van der Waals surface area contributed by atoms with E-state index in [0.29, 0.717) is 18.4 Å². The summed E-state index contributed by atoms with van der Waals surface area (Å²) < 4.78 is 2.02. The molecule has 0 unspecified atom stereocenters. The Morgan fingerprint density at radius 2 is 2.33 bits per heavy atom. The fourth-order valence-corrected chi connectivity index (χ4v) is 1.64. The first-order valence-electron chi connectivity index (χ1n) is 4.62. The summed E-state index contributed by atoms with van der Waals surface area (Å²) in [5.74, 6) is 1.86. The number of nitrogens with two attached hydrogens (primary N) is 1. The Kier molecular flexibility index (Phi) is 1.61. The maximum Gasteiger partial charge on any atom is 0.246 e. The predicted octanol–water partition coefficient (Wildman–Crippen LogP) is -1.00. The van der Waals surface area contributed by atoms with E-state index >= 15 is 0 Å². The van der Waals surface area contributed by atoms with Gasteiger partial charge in [-0.25, -0.2) is 5.10 Å². The topological polar surface area (TPSA) is 102 Å². The van der Waals surface area contributed by atoms with E-state index in [2.05, 4.69) is 25.4 Å². The third-order valence-corrected chi connectivity index (χ3v) is 2.41. The van der Waals surface area contributed by atoms with Gasteiger partial charge in [0, 0.05) is 13.1 Å². The first-order chi connectivity index (χ1) is 7.33. The second-order valence-electron chi connectivity index (χ2n) is 3.38. The Morgan fingerprint density at radius 1 is 1.40 bits per heavy atom. The minimum atomic E-state index is 0.331. The molecule has 8 heteroatoms. The molecule has 1 aliphatic heterocycles. The van der Waals surface area contributed by atoms with Crippen LogP contribution in [0.2, 0.25) is 0 Å². The van der Waals surface area contributed by atoms with Crippen LogP contribution in [0.5, 0.6) is 0 Å². The number of anilines is 2. The van der Waals surface area contributed by atoms with Gasteiger partial charge in [0.25, 0.3) is 0 Å². The van der Waals surface area contributed by atoms with E-state index < -0.39 is 0 Å². The highest BCUT2D eigenvalue weighted by molar-refractivity contribution is 5.34. The number of aromatic amines is 1. The summed E-state index contributed by atoms with van der Waals surface area (Å²) in [5, 5.41) is 14.5. The van der Waals surface area contributed by atoms with Crippen LogP contribution in [-0.4, -0.2) is 36.5 Å². The van der Waals surface area contributed by atoms with Gasteiger partial charge in [-0.1, -0.05) is 0 Å². The van der Waals surface area contributed by atoms with Crippen LogP contribution in [0.15, 0.2) is 6.33 Å². The number of hydrogen-bond donors (Lipinski definition) is 2. The molecule has 15 heavy (non-hydrogen) atoms. The van der Waals surface area contributed by atoms with Crippen molar-refractivity contribution in [2.75, 3.05) is 17.2 Å². The lowest BCUT2D eigenvalue weighted by atomic mass is 10.4. The molecule has 3 heterocycles. The smallest absolute Gasteiger partial charge is 0.246 e. The first kappa shape index (κ1) is 8.21. The van der Waals surface area contributed by atoms with Crippen molar-refractivity contribution in [1.29, 1.82) is 0 Å². The monoisotopic (exact) mass is 206 g/mol. The van der Waals surface area contributed by atoms with Gasteiger partial charge < -0.3 is 15.2 Å². The third kappa shape index (κ3) is 1.30. The van der Waals surface area contributed by atoms with Crippen LogP contribution in [0.1, 0.15) is 5.82 Å². The molecular formula is C7H10N8. The number of hydrogen-bond acceptors (Lipinski definition) is 6. The molecule has 3 rings (SSSR count). The Hall–Kier alpha value is -2.12. The minimum absolute atomic E-state index is 0.331. The second kappa shape index (κ2) is 2.94. The van der Waals surface area contributed by atoms with E-state index in [1.807, 2.05) is 9.47 Å².